The first-order valence-corrected chi connectivity index (χ1v) is 11.6. The van der Waals surface area contributed by atoms with Crippen molar-refractivity contribution in [2.75, 3.05) is 29.9 Å². The lowest BCUT2D eigenvalue weighted by atomic mass is 10.2. The van der Waals surface area contributed by atoms with E-state index in [2.05, 4.69) is 5.32 Å². The van der Waals surface area contributed by atoms with Crippen LogP contribution >= 0.6 is 0 Å². The number of ether oxygens (including phenoxy) is 2. The van der Waals surface area contributed by atoms with Gasteiger partial charge in [-0.1, -0.05) is 30.3 Å². The maximum atomic E-state index is 13.2. The molecular formula is C24H24N2O5S. The first kappa shape index (κ1) is 21.7. The molecule has 0 saturated heterocycles. The number of nitrogens with zero attached hydrogens (tertiary/aromatic N) is 1. The second-order valence-electron chi connectivity index (χ2n) is 7.42. The molecule has 0 aliphatic carbocycles. The Morgan fingerprint density at radius 3 is 2.56 bits per heavy atom. The van der Waals surface area contributed by atoms with E-state index in [0.717, 1.165) is 11.3 Å². The van der Waals surface area contributed by atoms with E-state index >= 15 is 0 Å². The molecule has 32 heavy (non-hydrogen) atoms. The number of carbonyl (C=O) groups excluding carboxylic acids is 1. The van der Waals surface area contributed by atoms with Crippen LogP contribution in [0.3, 0.4) is 0 Å². The Kier molecular flexibility index (Phi) is 6.05. The number of methoxy groups -OCH3 is 1. The lowest BCUT2D eigenvalue weighted by molar-refractivity contribution is -0.118. The third kappa shape index (κ3) is 4.27. The van der Waals surface area contributed by atoms with Crippen molar-refractivity contribution in [2.45, 2.75) is 18.2 Å². The van der Waals surface area contributed by atoms with Crippen LogP contribution in [-0.4, -0.2) is 34.6 Å². The highest BCUT2D eigenvalue weighted by Crippen LogP contribution is 2.33. The summed E-state index contributed by atoms with van der Waals surface area (Å²) in [6.45, 7) is 1.96. The molecule has 1 aliphatic heterocycles. The predicted octanol–water partition coefficient (Wildman–Crippen LogP) is 3.77. The minimum absolute atomic E-state index is 0.192. The van der Waals surface area contributed by atoms with Gasteiger partial charge in [0.1, 0.15) is 11.5 Å². The molecule has 1 heterocycles. The SMILES string of the molecule is COc1ccccc1NC(=O)COc1ccc(S(=O)(=O)N2CCc3ccccc32)cc1C. The zero-order chi connectivity index (χ0) is 22.7. The highest BCUT2D eigenvalue weighted by Gasteiger charge is 2.30. The molecule has 3 aromatic carbocycles. The van der Waals surface area contributed by atoms with Gasteiger partial charge in [0.2, 0.25) is 0 Å². The molecule has 3 aromatic rings. The lowest BCUT2D eigenvalue weighted by Crippen LogP contribution is -2.29. The molecule has 0 bridgehead atoms. The zero-order valence-electron chi connectivity index (χ0n) is 17.9. The number of rotatable bonds is 7. The number of carbonyl (C=O) groups is 1. The number of sulfonamides is 1. The van der Waals surface area contributed by atoms with Gasteiger partial charge in [-0.15, -0.1) is 0 Å². The van der Waals surface area contributed by atoms with Crippen LogP contribution in [-0.2, 0) is 21.2 Å². The fraction of sp³-hybridized carbons (Fsp3) is 0.208. The fourth-order valence-electron chi connectivity index (χ4n) is 3.71. The second kappa shape index (κ2) is 8.92. The van der Waals surface area contributed by atoms with Crippen LogP contribution in [0.4, 0.5) is 11.4 Å². The maximum Gasteiger partial charge on any atom is 0.264 e. The van der Waals surface area contributed by atoms with Crippen LogP contribution in [0.2, 0.25) is 0 Å². The van der Waals surface area contributed by atoms with Gasteiger partial charge in [0.15, 0.2) is 6.61 Å². The molecule has 0 fully saturated rings. The van der Waals surface area contributed by atoms with Crippen molar-refractivity contribution in [3.8, 4) is 11.5 Å². The highest BCUT2D eigenvalue weighted by molar-refractivity contribution is 7.92. The molecule has 7 nitrogen and oxygen atoms in total. The number of anilines is 2. The van der Waals surface area contributed by atoms with Crippen molar-refractivity contribution in [3.05, 3.63) is 77.9 Å². The Morgan fingerprint density at radius 1 is 1.03 bits per heavy atom. The van der Waals surface area contributed by atoms with E-state index in [0.29, 0.717) is 35.7 Å². The van der Waals surface area contributed by atoms with Crippen molar-refractivity contribution in [2.24, 2.45) is 0 Å². The van der Waals surface area contributed by atoms with Crippen molar-refractivity contribution >= 4 is 27.3 Å². The van der Waals surface area contributed by atoms with Gasteiger partial charge in [-0.3, -0.25) is 9.10 Å². The first-order chi connectivity index (χ1) is 15.4. The third-order valence-corrected chi connectivity index (χ3v) is 7.13. The topological polar surface area (TPSA) is 84.9 Å². The van der Waals surface area contributed by atoms with Crippen LogP contribution in [0, 0.1) is 6.92 Å². The van der Waals surface area contributed by atoms with Gasteiger partial charge in [0.05, 0.1) is 23.4 Å². The molecule has 0 unspecified atom stereocenters. The monoisotopic (exact) mass is 452 g/mol. The van der Waals surface area contributed by atoms with Gasteiger partial charge < -0.3 is 14.8 Å². The van der Waals surface area contributed by atoms with Crippen molar-refractivity contribution < 1.29 is 22.7 Å². The van der Waals surface area contributed by atoms with Crippen molar-refractivity contribution in [1.82, 2.24) is 0 Å². The van der Waals surface area contributed by atoms with E-state index in [1.165, 1.54) is 17.5 Å². The van der Waals surface area contributed by atoms with Crippen LogP contribution in [0.25, 0.3) is 0 Å². The van der Waals surface area contributed by atoms with Gasteiger partial charge in [0, 0.05) is 6.54 Å². The van der Waals surface area contributed by atoms with Crippen molar-refractivity contribution in [3.63, 3.8) is 0 Å². The number of hydrogen-bond acceptors (Lipinski definition) is 5. The molecule has 0 radical (unpaired) electrons. The average Bonchev–Trinajstić information content (AvgIpc) is 3.23. The van der Waals surface area contributed by atoms with Gasteiger partial charge >= 0.3 is 0 Å². The third-order valence-electron chi connectivity index (χ3n) is 5.32. The lowest BCUT2D eigenvalue weighted by Gasteiger charge is -2.20. The molecule has 1 amide bonds. The summed E-state index contributed by atoms with van der Waals surface area (Å²) >= 11 is 0. The zero-order valence-corrected chi connectivity index (χ0v) is 18.7. The number of hydrogen-bond donors (Lipinski definition) is 1. The molecular weight excluding hydrogens is 428 g/mol. The molecule has 0 spiro atoms. The van der Waals surface area contributed by atoms with Crippen molar-refractivity contribution in [1.29, 1.82) is 0 Å². The predicted molar refractivity (Wildman–Crippen MR) is 123 cm³/mol. The van der Waals surface area contributed by atoms with Crippen LogP contribution in [0.5, 0.6) is 11.5 Å². The summed E-state index contributed by atoms with van der Waals surface area (Å²) in [6, 6.07) is 19.3. The number of aryl methyl sites for hydroxylation is 1. The number of benzene rings is 3. The van der Waals surface area contributed by atoms with Crippen LogP contribution in [0.15, 0.2) is 71.6 Å². The Balaban J connectivity index is 1.45. The van der Waals surface area contributed by atoms with E-state index in [1.54, 1.807) is 37.3 Å². The van der Waals surface area contributed by atoms with Gasteiger partial charge in [-0.25, -0.2) is 8.42 Å². The van der Waals surface area contributed by atoms with Gasteiger partial charge in [-0.2, -0.15) is 0 Å². The summed E-state index contributed by atoms with van der Waals surface area (Å²) in [5.74, 6) is 0.648. The Morgan fingerprint density at radius 2 is 1.78 bits per heavy atom. The minimum atomic E-state index is -3.69. The van der Waals surface area contributed by atoms with E-state index in [1.807, 2.05) is 30.3 Å². The Bertz CT molecular complexity index is 1260. The second-order valence-corrected chi connectivity index (χ2v) is 9.28. The molecule has 1 aliphatic rings. The first-order valence-electron chi connectivity index (χ1n) is 10.2. The van der Waals surface area contributed by atoms with Crippen LogP contribution < -0.4 is 19.1 Å². The number of fused-ring (bicyclic) bond motifs is 1. The van der Waals surface area contributed by atoms with E-state index in [9.17, 15) is 13.2 Å². The number of para-hydroxylation sites is 3. The number of nitrogens with one attached hydrogen (secondary N) is 1. The molecule has 8 heteroatoms. The maximum absolute atomic E-state index is 13.2. The smallest absolute Gasteiger partial charge is 0.264 e. The van der Waals surface area contributed by atoms with Gasteiger partial charge in [0.25, 0.3) is 15.9 Å². The Hall–Kier alpha value is -3.52. The summed E-state index contributed by atoms with van der Waals surface area (Å²) in [7, 11) is -2.16. The summed E-state index contributed by atoms with van der Waals surface area (Å²) in [4.78, 5) is 12.5. The normalized spacial score (nSPS) is 12.9. The fourth-order valence-corrected chi connectivity index (χ4v) is 5.30. The molecule has 0 atom stereocenters. The number of amides is 1. The summed E-state index contributed by atoms with van der Waals surface area (Å²) in [6.07, 6.45) is 0.691. The largest absolute Gasteiger partial charge is 0.495 e. The van der Waals surface area contributed by atoms with E-state index in [4.69, 9.17) is 9.47 Å². The summed E-state index contributed by atoms with van der Waals surface area (Å²) < 4.78 is 38.7. The molecule has 4 rings (SSSR count). The van der Waals surface area contributed by atoms with Gasteiger partial charge in [-0.05, 0) is 60.9 Å². The summed E-state index contributed by atoms with van der Waals surface area (Å²) in [5.41, 5.74) is 2.92. The van der Waals surface area contributed by atoms with Crippen LogP contribution in [0.1, 0.15) is 11.1 Å². The molecule has 0 aromatic heterocycles. The molecule has 0 saturated carbocycles. The van der Waals surface area contributed by atoms with E-state index < -0.39 is 10.0 Å². The minimum Gasteiger partial charge on any atom is -0.495 e. The quantitative estimate of drug-likeness (QED) is 0.590. The molecule has 1 N–H and O–H groups in total. The standard InChI is InChI=1S/C24H24N2O5S/c1-17-15-19(32(28,29)26-14-13-18-7-3-5-9-21(18)26)11-12-22(17)31-16-24(27)25-20-8-4-6-10-23(20)30-2/h3-12,15H,13-14,16H2,1-2H3,(H,25,27). The molecule has 166 valence electrons. The van der Waals surface area contributed by atoms with E-state index in [-0.39, 0.29) is 17.4 Å². The summed E-state index contributed by atoms with van der Waals surface area (Å²) in [5, 5.41) is 2.74. The highest BCUT2D eigenvalue weighted by atomic mass is 32.2. The average molecular weight is 453 g/mol. The Labute approximate surface area is 187 Å².